The molecule has 0 bridgehead atoms. The van der Waals surface area contributed by atoms with Gasteiger partial charge in [-0.15, -0.1) is 0 Å². The van der Waals surface area contributed by atoms with Gasteiger partial charge in [0.05, 0.1) is 11.1 Å². The van der Waals surface area contributed by atoms with E-state index >= 15 is 0 Å². The highest BCUT2D eigenvalue weighted by molar-refractivity contribution is 5.89. The summed E-state index contributed by atoms with van der Waals surface area (Å²) in [5.74, 6) is -1.26. The van der Waals surface area contributed by atoms with Gasteiger partial charge < -0.3 is 9.67 Å². The van der Waals surface area contributed by atoms with Crippen LogP contribution in [-0.4, -0.2) is 25.0 Å². The molecule has 0 atom stereocenters. The first-order valence-corrected chi connectivity index (χ1v) is 5.83. The van der Waals surface area contributed by atoms with Gasteiger partial charge in [-0.3, -0.25) is 4.40 Å². The Balaban J connectivity index is 2.24. The quantitative estimate of drug-likeness (QED) is 0.791. The first-order valence-electron chi connectivity index (χ1n) is 5.83. The van der Waals surface area contributed by atoms with E-state index in [4.69, 9.17) is 5.11 Å². The molecule has 5 nitrogen and oxygen atoms in total. The van der Waals surface area contributed by atoms with Gasteiger partial charge in [-0.1, -0.05) is 6.07 Å². The second-order valence-electron chi connectivity index (χ2n) is 4.34. The van der Waals surface area contributed by atoms with Gasteiger partial charge in [0.25, 0.3) is 0 Å². The van der Waals surface area contributed by atoms with Crippen LogP contribution in [0.25, 0.3) is 11.5 Å². The number of aromatic carboxylic acids is 1. The monoisotopic (exact) mass is 295 g/mol. The first-order chi connectivity index (χ1) is 9.88. The summed E-state index contributed by atoms with van der Waals surface area (Å²) in [6.45, 7) is 0. The Morgan fingerprint density at radius 1 is 1.24 bits per heavy atom. The van der Waals surface area contributed by atoms with Crippen LogP contribution in [0, 0.1) is 0 Å². The Kier molecular flexibility index (Phi) is 2.75. The van der Waals surface area contributed by atoms with Crippen molar-refractivity contribution in [3.8, 4) is 5.82 Å². The lowest BCUT2D eigenvalue weighted by Crippen LogP contribution is -2.09. The van der Waals surface area contributed by atoms with Gasteiger partial charge >= 0.3 is 12.1 Å². The molecule has 3 heterocycles. The molecule has 3 aromatic heterocycles. The number of hydrogen-bond donors (Lipinski definition) is 1. The SMILES string of the molecule is O=C(O)c1cn(-c2cccc3nccn23)cc1C(F)(F)F. The molecule has 0 aliphatic carbocycles. The van der Waals surface area contributed by atoms with Crippen LogP contribution in [-0.2, 0) is 6.18 Å². The molecule has 3 rings (SSSR count). The number of pyridine rings is 1. The summed E-state index contributed by atoms with van der Waals surface area (Å²) in [5.41, 5.74) is -1.43. The van der Waals surface area contributed by atoms with Crippen LogP contribution in [0.3, 0.4) is 0 Å². The largest absolute Gasteiger partial charge is 0.478 e. The zero-order chi connectivity index (χ0) is 15.2. The van der Waals surface area contributed by atoms with Gasteiger partial charge in [-0.25, -0.2) is 9.78 Å². The molecule has 3 aromatic rings. The molecule has 0 amide bonds. The molecule has 1 N–H and O–H groups in total. The Hall–Kier alpha value is -2.77. The highest BCUT2D eigenvalue weighted by Gasteiger charge is 2.37. The molecular weight excluding hydrogens is 287 g/mol. The van der Waals surface area contributed by atoms with Crippen LogP contribution >= 0.6 is 0 Å². The van der Waals surface area contributed by atoms with E-state index in [1.165, 1.54) is 6.20 Å². The minimum atomic E-state index is -4.73. The van der Waals surface area contributed by atoms with Crippen molar-refractivity contribution in [3.05, 3.63) is 54.1 Å². The van der Waals surface area contributed by atoms with E-state index in [0.717, 1.165) is 17.0 Å². The fourth-order valence-corrected chi connectivity index (χ4v) is 2.13. The van der Waals surface area contributed by atoms with Crippen molar-refractivity contribution in [3.63, 3.8) is 0 Å². The lowest BCUT2D eigenvalue weighted by atomic mass is 10.2. The fraction of sp³-hybridized carbons (Fsp3) is 0.0769. The summed E-state index contributed by atoms with van der Waals surface area (Å²) in [7, 11) is 0. The molecule has 8 heteroatoms. The molecule has 21 heavy (non-hydrogen) atoms. The number of nitrogens with zero attached hydrogens (tertiary/aromatic N) is 3. The molecular formula is C13H8F3N3O2. The maximum atomic E-state index is 12.9. The topological polar surface area (TPSA) is 59.5 Å². The van der Waals surface area contributed by atoms with Gasteiger partial charge in [-0.05, 0) is 12.1 Å². The predicted octanol–water partition coefficient (Wildman–Crippen LogP) is 2.84. The molecule has 0 fully saturated rings. The van der Waals surface area contributed by atoms with Gasteiger partial charge in [0.1, 0.15) is 11.5 Å². The average molecular weight is 295 g/mol. The molecule has 0 aliphatic heterocycles. The zero-order valence-electron chi connectivity index (χ0n) is 10.4. The summed E-state index contributed by atoms with van der Waals surface area (Å²) in [5, 5.41) is 8.93. The minimum Gasteiger partial charge on any atom is -0.478 e. The molecule has 0 aliphatic rings. The first kappa shape index (κ1) is 13.2. The summed E-state index contributed by atoms with van der Waals surface area (Å²) < 4.78 is 41.4. The number of imidazole rings is 1. The summed E-state index contributed by atoms with van der Waals surface area (Å²) >= 11 is 0. The van der Waals surface area contributed by atoms with E-state index in [2.05, 4.69) is 4.98 Å². The molecule has 0 radical (unpaired) electrons. The third-order valence-electron chi connectivity index (χ3n) is 3.03. The predicted molar refractivity (Wildman–Crippen MR) is 66.5 cm³/mol. The Morgan fingerprint density at radius 3 is 2.62 bits per heavy atom. The normalized spacial score (nSPS) is 12.0. The zero-order valence-corrected chi connectivity index (χ0v) is 10.4. The number of halogens is 3. The van der Waals surface area contributed by atoms with E-state index in [9.17, 15) is 18.0 Å². The smallest absolute Gasteiger partial charge is 0.418 e. The Bertz CT molecular complexity index is 833. The number of alkyl halides is 3. The van der Waals surface area contributed by atoms with Crippen LogP contribution in [0.4, 0.5) is 13.2 Å². The van der Waals surface area contributed by atoms with E-state index < -0.39 is 23.3 Å². The van der Waals surface area contributed by atoms with Gasteiger partial charge in [-0.2, -0.15) is 13.2 Å². The third-order valence-corrected chi connectivity index (χ3v) is 3.03. The lowest BCUT2D eigenvalue weighted by molar-refractivity contribution is -0.138. The minimum absolute atomic E-state index is 0.364. The van der Waals surface area contributed by atoms with Gasteiger partial charge in [0, 0.05) is 24.8 Å². The number of aromatic nitrogens is 3. The lowest BCUT2D eigenvalue weighted by Gasteiger charge is -2.06. The molecule has 108 valence electrons. The van der Waals surface area contributed by atoms with Crippen molar-refractivity contribution in [2.45, 2.75) is 6.18 Å². The standard InChI is InChI=1S/C13H8F3N3O2/c14-13(15,16)9-7-18(6-8(9)12(20)21)11-3-1-2-10-17-4-5-19(10)11/h1-7H,(H,20,21). The second-order valence-corrected chi connectivity index (χ2v) is 4.34. The third kappa shape index (κ3) is 2.14. The number of fused-ring (bicyclic) bond motifs is 1. The fourth-order valence-electron chi connectivity index (χ4n) is 2.13. The van der Waals surface area contributed by atoms with Crippen molar-refractivity contribution >= 4 is 11.6 Å². The van der Waals surface area contributed by atoms with E-state index in [0.29, 0.717) is 11.5 Å². The summed E-state index contributed by atoms with van der Waals surface area (Å²) in [6, 6.07) is 4.89. The number of carbonyl (C=O) groups is 1. The highest BCUT2D eigenvalue weighted by Crippen LogP contribution is 2.33. The van der Waals surface area contributed by atoms with Crippen molar-refractivity contribution < 1.29 is 23.1 Å². The Morgan fingerprint density at radius 2 is 2.00 bits per heavy atom. The van der Waals surface area contributed by atoms with Crippen LogP contribution in [0.2, 0.25) is 0 Å². The van der Waals surface area contributed by atoms with Crippen LogP contribution in [0.15, 0.2) is 43.0 Å². The highest BCUT2D eigenvalue weighted by atomic mass is 19.4. The molecule has 0 aromatic carbocycles. The number of carboxylic acid groups (broad SMARTS) is 1. The van der Waals surface area contributed by atoms with Crippen molar-refractivity contribution in [2.75, 3.05) is 0 Å². The maximum absolute atomic E-state index is 12.9. The van der Waals surface area contributed by atoms with Crippen LogP contribution in [0.1, 0.15) is 15.9 Å². The van der Waals surface area contributed by atoms with E-state index in [1.54, 1.807) is 28.8 Å². The Labute approximate surface area is 115 Å². The molecule has 0 saturated carbocycles. The summed E-state index contributed by atoms with van der Waals surface area (Å²) in [4.78, 5) is 15.0. The van der Waals surface area contributed by atoms with Crippen molar-refractivity contribution in [2.24, 2.45) is 0 Å². The van der Waals surface area contributed by atoms with Crippen molar-refractivity contribution in [1.29, 1.82) is 0 Å². The van der Waals surface area contributed by atoms with Crippen LogP contribution in [0.5, 0.6) is 0 Å². The maximum Gasteiger partial charge on any atom is 0.418 e. The van der Waals surface area contributed by atoms with E-state index in [1.807, 2.05) is 0 Å². The molecule has 0 spiro atoms. The number of carboxylic acids is 1. The summed E-state index contributed by atoms with van der Waals surface area (Å²) in [6.07, 6.45) is 0.0590. The average Bonchev–Trinajstić information content (AvgIpc) is 3.04. The molecule has 0 unspecified atom stereocenters. The van der Waals surface area contributed by atoms with Crippen LogP contribution < -0.4 is 0 Å². The van der Waals surface area contributed by atoms with E-state index in [-0.39, 0.29) is 0 Å². The van der Waals surface area contributed by atoms with Crippen molar-refractivity contribution in [1.82, 2.24) is 14.0 Å². The number of rotatable bonds is 2. The molecule has 0 saturated heterocycles. The number of hydrogen-bond acceptors (Lipinski definition) is 2. The van der Waals surface area contributed by atoms with Gasteiger partial charge in [0.15, 0.2) is 0 Å². The second kappa shape index (κ2) is 4.37. The van der Waals surface area contributed by atoms with Gasteiger partial charge in [0.2, 0.25) is 0 Å².